The minimum Gasteiger partial charge on any atom is -0.366 e. The predicted octanol–water partition coefficient (Wildman–Crippen LogP) is 2.76. The molecule has 2 aromatic rings. The highest BCUT2D eigenvalue weighted by Crippen LogP contribution is 2.33. The monoisotopic (exact) mass is 321 g/mol. The number of piperidine rings is 1. The highest BCUT2D eigenvalue weighted by atomic mass is 35.5. The Morgan fingerprint density at radius 3 is 2.77 bits per heavy atom. The van der Waals surface area contributed by atoms with E-state index in [2.05, 4.69) is 15.2 Å². The average molecular weight is 322 g/mol. The summed E-state index contributed by atoms with van der Waals surface area (Å²) in [5, 5.41) is 19.4. The minimum atomic E-state index is -0.372. The van der Waals surface area contributed by atoms with Crippen molar-refractivity contribution in [3.05, 3.63) is 45.7 Å². The standard InChI is InChI=1S/C14H16ClN5O2/c15-12-1-2-13(14(9-12)20(21)22)18-6-3-11(4-7-18)10-19-8-5-16-17-19/h1-2,5,8-9,11H,3-4,6-7,10H2. The number of halogens is 1. The molecule has 0 N–H and O–H groups in total. The topological polar surface area (TPSA) is 77.1 Å². The fourth-order valence-electron chi connectivity index (χ4n) is 2.86. The minimum absolute atomic E-state index is 0.0715. The van der Waals surface area contributed by atoms with E-state index in [1.165, 1.54) is 6.07 Å². The predicted molar refractivity (Wildman–Crippen MR) is 83.1 cm³/mol. The Bertz CT molecular complexity index is 653. The van der Waals surface area contributed by atoms with Gasteiger partial charge in [0.1, 0.15) is 5.69 Å². The summed E-state index contributed by atoms with van der Waals surface area (Å²) in [5.74, 6) is 0.518. The van der Waals surface area contributed by atoms with Crippen molar-refractivity contribution in [3.8, 4) is 0 Å². The first-order chi connectivity index (χ1) is 10.6. The maximum atomic E-state index is 11.2. The van der Waals surface area contributed by atoms with Crippen molar-refractivity contribution in [3.63, 3.8) is 0 Å². The smallest absolute Gasteiger partial charge is 0.294 e. The van der Waals surface area contributed by atoms with Crippen LogP contribution >= 0.6 is 11.6 Å². The van der Waals surface area contributed by atoms with Crippen molar-refractivity contribution in [2.75, 3.05) is 18.0 Å². The van der Waals surface area contributed by atoms with Crippen LogP contribution in [0.2, 0.25) is 5.02 Å². The van der Waals surface area contributed by atoms with Gasteiger partial charge in [-0.25, -0.2) is 0 Å². The van der Waals surface area contributed by atoms with E-state index in [1.807, 2.05) is 10.9 Å². The highest BCUT2D eigenvalue weighted by Gasteiger charge is 2.25. The molecular weight excluding hydrogens is 306 g/mol. The second-order valence-electron chi connectivity index (χ2n) is 5.45. The molecule has 2 heterocycles. The van der Waals surface area contributed by atoms with E-state index in [1.54, 1.807) is 18.3 Å². The van der Waals surface area contributed by atoms with Gasteiger partial charge < -0.3 is 4.90 Å². The maximum Gasteiger partial charge on any atom is 0.294 e. The molecule has 1 fully saturated rings. The molecule has 3 rings (SSSR count). The van der Waals surface area contributed by atoms with Crippen LogP contribution in [0.25, 0.3) is 0 Å². The van der Waals surface area contributed by atoms with Gasteiger partial charge in [-0.15, -0.1) is 5.10 Å². The van der Waals surface area contributed by atoms with Gasteiger partial charge in [0, 0.05) is 36.9 Å². The van der Waals surface area contributed by atoms with E-state index in [-0.39, 0.29) is 10.6 Å². The number of hydrogen-bond acceptors (Lipinski definition) is 5. The number of nitro benzene ring substituents is 1. The van der Waals surface area contributed by atoms with Gasteiger partial charge in [0.25, 0.3) is 5.69 Å². The van der Waals surface area contributed by atoms with E-state index >= 15 is 0 Å². The molecule has 0 radical (unpaired) electrons. The largest absolute Gasteiger partial charge is 0.366 e. The summed E-state index contributed by atoms with van der Waals surface area (Å²) in [6.07, 6.45) is 5.47. The van der Waals surface area contributed by atoms with Crippen molar-refractivity contribution in [2.24, 2.45) is 5.92 Å². The third kappa shape index (κ3) is 3.19. The first-order valence-corrected chi connectivity index (χ1v) is 7.54. The van der Waals surface area contributed by atoms with Crippen molar-refractivity contribution in [2.45, 2.75) is 19.4 Å². The summed E-state index contributed by atoms with van der Waals surface area (Å²) >= 11 is 5.86. The van der Waals surface area contributed by atoms with Gasteiger partial charge in [0.2, 0.25) is 0 Å². The van der Waals surface area contributed by atoms with Crippen molar-refractivity contribution < 1.29 is 4.92 Å². The van der Waals surface area contributed by atoms with Gasteiger partial charge in [0.05, 0.1) is 11.1 Å². The zero-order valence-electron chi connectivity index (χ0n) is 11.9. The molecule has 1 saturated heterocycles. The zero-order valence-corrected chi connectivity index (χ0v) is 12.7. The lowest BCUT2D eigenvalue weighted by Crippen LogP contribution is -2.35. The molecule has 0 spiro atoms. The summed E-state index contributed by atoms with van der Waals surface area (Å²) < 4.78 is 1.84. The SMILES string of the molecule is O=[N+]([O-])c1cc(Cl)ccc1N1CCC(Cn2ccnn2)CC1. The molecule has 1 aliphatic rings. The van der Waals surface area contributed by atoms with E-state index in [0.29, 0.717) is 16.6 Å². The van der Waals surface area contributed by atoms with Crippen molar-refractivity contribution in [1.29, 1.82) is 0 Å². The first kappa shape index (κ1) is 14.8. The Balaban J connectivity index is 1.67. The fourth-order valence-corrected chi connectivity index (χ4v) is 3.03. The summed E-state index contributed by atoms with van der Waals surface area (Å²) in [6, 6.07) is 4.85. The third-order valence-electron chi connectivity index (χ3n) is 4.01. The molecule has 0 atom stereocenters. The number of nitrogens with zero attached hydrogens (tertiary/aromatic N) is 5. The van der Waals surface area contributed by atoms with Crippen LogP contribution in [-0.2, 0) is 6.54 Å². The molecule has 22 heavy (non-hydrogen) atoms. The van der Waals surface area contributed by atoms with Gasteiger partial charge in [0.15, 0.2) is 0 Å². The van der Waals surface area contributed by atoms with E-state index in [0.717, 1.165) is 32.5 Å². The summed E-state index contributed by atoms with van der Waals surface area (Å²) in [4.78, 5) is 12.9. The van der Waals surface area contributed by atoms with Crippen LogP contribution < -0.4 is 4.90 Å². The molecule has 116 valence electrons. The van der Waals surface area contributed by atoms with Crippen LogP contribution in [0.4, 0.5) is 11.4 Å². The molecule has 0 bridgehead atoms. The summed E-state index contributed by atoms with van der Waals surface area (Å²) in [5.41, 5.74) is 0.718. The first-order valence-electron chi connectivity index (χ1n) is 7.16. The normalized spacial score (nSPS) is 16.0. The number of rotatable bonds is 4. The number of benzene rings is 1. The van der Waals surface area contributed by atoms with E-state index in [4.69, 9.17) is 11.6 Å². The Morgan fingerprint density at radius 2 is 2.14 bits per heavy atom. The van der Waals surface area contributed by atoms with Crippen LogP contribution in [0.15, 0.2) is 30.6 Å². The summed E-state index contributed by atoms with van der Waals surface area (Å²) in [6.45, 7) is 2.43. The van der Waals surface area contributed by atoms with Gasteiger partial charge in [-0.05, 0) is 30.9 Å². The van der Waals surface area contributed by atoms with Gasteiger partial charge in [-0.1, -0.05) is 16.8 Å². The number of anilines is 1. The van der Waals surface area contributed by atoms with E-state index in [9.17, 15) is 10.1 Å². The number of aromatic nitrogens is 3. The molecule has 8 heteroatoms. The molecular formula is C14H16ClN5O2. The van der Waals surface area contributed by atoms with Gasteiger partial charge >= 0.3 is 0 Å². The molecule has 0 amide bonds. The lowest BCUT2D eigenvalue weighted by Gasteiger charge is -2.33. The molecule has 0 saturated carbocycles. The zero-order chi connectivity index (χ0) is 15.5. The average Bonchev–Trinajstić information content (AvgIpc) is 3.01. The molecule has 1 aliphatic heterocycles. The van der Waals surface area contributed by atoms with Crippen LogP contribution in [-0.4, -0.2) is 33.0 Å². The Morgan fingerprint density at radius 1 is 1.36 bits per heavy atom. The van der Waals surface area contributed by atoms with Crippen LogP contribution in [0.5, 0.6) is 0 Å². The fraction of sp³-hybridized carbons (Fsp3) is 0.429. The number of nitro groups is 1. The Hall–Kier alpha value is -2.15. The second-order valence-corrected chi connectivity index (χ2v) is 5.88. The quantitative estimate of drug-likeness (QED) is 0.639. The Kier molecular flexibility index (Phi) is 4.24. The molecule has 1 aromatic carbocycles. The van der Waals surface area contributed by atoms with Crippen LogP contribution in [0.1, 0.15) is 12.8 Å². The lowest BCUT2D eigenvalue weighted by atomic mass is 9.96. The highest BCUT2D eigenvalue weighted by molar-refractivity contribution is 6.30. The molecule has 0 unspecified atom stereocenters. The molecule has 0 aliphatic carbocycles. The third-order valence-corrected chi connectivity index (χ3v) is 4.24. The van der Waals surface area contributed by atoms with Gasteiger partial charge in [-0.2, -0.15) is 0 Å². The lowest BCUT2D eigenvalue weighted by molar-refractivity contribution is -0.384. The van der Waals surface area contributed by atoms with Crippen LogP contribution in [0.3, 0.4) is 0 Å². The number of hydrogen-bond donors (Lipinski definition) is 0. The molecule has 1 aromatic heterocycles. The Labute approximate surface area is 132 Å². The summed E-state index contributed by atoms with van der Waals surface area (Å²) in [7, 11) is 0. The molecule has 7 nitrogen and oxygen atoms in total. The van der Waals surface area contributed by atoms with Crippen molar-refractivity contribution in [1.82, 2.24) is 15.0 Å². The second kappa shape index (κ2) is 6.31. The van der Waals surface area contributed by atoms with E-state index < -0.39 is 0 Å². The maximum absolute atomic E-state index is 11.2. The van der Waals surface area contributed by atoms with Crippen LogP contribution in [0, 0.1) is 16.0 Å². The van der Waals surface area contributed by atoms with Crippen molar-refractivity contribution >= 4 is 23.0 Å². The van der Waals surface area contributed by atoms with Gasteiger partial charge in [-0.3, -0.25) is 14.8 Å².